The molecule has 1 saturated heterocycles. The SMILES string of the molecule is CCC1CCN(c2ncc(/C=C/C(=O)O)cc2C)CC1. The van der Waals surface area contributed by atoms with E-state index in [1.54, 1.807) is 12.3 Å². The van der Waals surface area contributed by atoms with Gasteiger partial charge in [-0.05, 0) is 49.0 Å². The van der Waals surface area contributed by atoms with Crippen LogP contribution in [0.1, 0.15) is 37.3 Å². The molecule has 0 radical (unpaired) electrons. The second kappa shape index (κ2) is 6.55. The molecule has 2 heterocycles. The van der Waals surface area contributed by atoms with Crippen molar-refractivity contribution < 1.29 is 9.90 Å². The lowest BCUT2D eigenvalue weighted by Gasteiger charge is -2.33. The van der Waals surface area contributed by atoms with E-state index in [0.717, 1.165) is 42.0 Å². The molecule has 0 aromatic carbocycles. The van der Waals surface area contributed by atoms with Crippen molar-refractivity contribution in [3.63, 3.8) is 0 Å². The van der Waals surface area contributed by atoms with E-state index in [-0.39, 0.29) is 0 Å². The Morgan fingerprint density at radius 3 is 2.75 bits per heavy atom. The van der Waals surface area contributed by atoms with Gasteiger partial charge in [-0.2, -0.15) is 0 Å². The van der Waals surface area contributed by atoms with E-state index in [0.29, 0.717) is 0 Å². The molecule has 1 aromatic rings. The Bertz CT molecular complexity index is 503. The standard InChI is InChI=1S/C16H22N2O2/c1-3-13-6-8-18(9-7-13)16-12(2)10-14(11-17-16)4-5-15(19)20/h4-5,10-11,13H,3,6-9H2,1-2H3,(H,19,20)/b5-4+. The highest BCUT2D eigenvalue weighted by Crippen LogP contribution is 2.26. The van der Waals surface area contributed by atoms with Gasteiger partial charge in [-0.1, -0.05) is 13.3 Å². The first kappa shape index (κ1) is 14.6. The molecule has 1 N–H and O–H groups in total. The van der Waals surface area contributed by atoms with E-state index in [1.165, 1.54) is 19.3 Å². The maximum absolute atomic E-state index is 10.5. The van der Waals surface area contributed by atoms with Crippen LogP contribution in [0.3, 0.4) is 0 Å². The predicted molar refractivity (Wildman–Crippen MR) is 80.9 cm³/mol. The molecule has 0 bridgehead atoms. The van der Waals surface area contributed by atoms with Crippen molar-refractivity contribution in [1.82, 2.24) is 4.98 Å². The third-order valence-corrected chi connectivity index (χ3v) is 3.98. The van der Waals surface area contributed by atoms with Crippen molar-refractivity contribution >= 4 is 17.9 Å². The van der Waals surface area contributed by atoms with Gasteiger partial charge in [0.1, 0.15) is 5.82 Å². The van der Waals surface area contributed by atoms with Gasteiger partial charge in [0.15, 0.2) is 0 Å². The third kappa shape index (κ3) is 3.59. The zero-order valence-corrected chi connectivity index (χ0v) is 12.2. The maximum atomic E-state index is 10.5. The van der Waals surface area contributed by atoms with Gasteiger partial charge in [0, 0.05) is 25.4 Å². The average molecular weight is 274 g/mol. The number of aromatic nitrogens is 1. The Labute approximate surface area is 120 Å². The zero-order chi connectivity index (χ0) is 14.5. The summed E-state index contributed by atoms with van der Waals surface area (Å²) in [5, 5.41) is 8.64. The molecule has 0 saturated carbocycles. The molecule has 1 aliphatic rings. The van der Waals surface area contributed by atoms with Crippen LogP contribution < -0.4 is 4.90 Å². The first-order valence-electron chi connectivity index (χ1n) is 7.22. The minimum atomic E-state index is -0.937. The van der Waals surface area contributed by atoms with Gasteiger partial charge in [0.05, 0.1) is 0 Å². The number of aliphatic carboxylic acids is 1. The van der Waals surface area contributed by atoms with Crippen molar-refractivity contribution in [1.29, 1.82) is 0 Å². The van der Waals surface area contributed by atoms with Gasteiger partial charge < -0.3 is 10.0 Å². The number of carboxylic acid groups (broad SMARTS) is 1. The summed E-state index contributed by atoms with van der Waals surface area (Å²) < 4.78 is 0. The largest absolute Gasteiger partial charge is 0.478 e. The number of aryl methyl sites for hydroxylation is 1. The second-order valence-corrected chi connectivity index (χ2v) is 5.42. The van der Waals surface area contributed by atoms with E-state index in [1.807, 2.05) is 13.0 Å². The smallest absolute Gasteiger partial charge is 0.328 e. The van der Waals surface area contributed by atoms with Gasteiger partial charge in [-0.3, -0.25) is 0 Å². The number of hydrogen-bond acceptors (Lipinski definition) is 3. The summed E-state index contributed by atoms with van der Waals surface area (Å²) in [6.07, 6.45) is 8.20. The molecule has 2 rings (SSSR count). The highest BCUT2D eigenvalue weighted by molar-refractivity contribution is 5.85. The Balaban J connectivity index is 2.08. The van der Waals surface area contributed by atoms with E-state index in [2.05, 4.69) is 16.8 Å². The molecular weight excluding hydrogens is 252 g/mol. The summed E-state index contributed by atoms with van der Waals surface area (Å²) in [5.41, 5.74) is 1.93. The highest BCUT2D eigenvalue weighted by Gasteiger charge is 2.19. The average Bonchev–Trinajstić information content (AvgIpc) is 2.45. The van der Waals surface area contributed by atoms with E-state index in [9.17, 15) is 4.79 Å². The summed E-state index contributed by atoms with van der Waals surface area (Å²) in [6.45, 7) is 6.42. The number of carboxylic acids is 1. The molecule has 0 aliphatic carbocycles. The molecule has 0 spiro atoms. The first-order valence-corrected chi connectivity index (χ1v) is 7.22. The molecule has 1 aliphatic heterocycles. The topological polar surface area (TPSA) is 53.4 Å². The fourth-order valence-corrected chi connectivity index (χ4v) is 2.73. The summed E-state index contributed by atoms with van der Waals surface area (Å²) in [7, 11) is 0. The van der Waals surface area contributed by atoms with E-state index < -0.39 is 5.97 Å². The van der Waals surface area contributed by atoms with Crippen molar-refractivity contribution in [2.75, 3.05) is 18.0 Å². The third-order valence-electron chi connectivity index (χ3n) is 3.98. The lowest BCUT2D eigenvalue weighted by molar-refractivity contribution is -0.131. The van der Waals surface area contributed by atoms with Gasteiger partial charge in [-0.25, -0.2) is 9.78 Å². The number of anilines is 1. The summed E-state index contributed by atoms with van der Waals surface area (Å²) in [6, 6.07) is 1.99. The Kier molecular flexibility index (Phi) is 4.77. The lowest BCUT2D eigenvalue weighted by Crippen LogP contribution is -2.34. The molecule has 0 unspecified atom stereocenters. The van der Waals surface area contributed by atoms with E-state index in [4.69, 9.17) is 5.11 Å². The maximum Gasteiger partial charge on any atom is 0.328 e. The van der Waals surface area contributed by atoms with Crippen LogP contribution in [-0.2, 0) is 4.79 Å². The van der Waals surface area contributed by atoms with Gasteiger partial charge in [-0.15, -0.1) is 0 Å². The quantitative estimate of drug-likeness (QED) is 0.857. The number of nitrogens with zero attached hydrogens (tertiary/aromatic N) is 2. The number of carbonyl (C=O) groups is 1. The number of rotatable bonds is 4. The summed E-state index contributed by atoms with van der Waals surface area (Å²) in [4.78, 5) is 17.4. The van der Waals surface area contributed by atoms with Gasteiger partial charge >= 0.3 is 5.97 Å². The molecule has 4 nitrogen and oxygen atoms in total. The Morgan fingerprint density at radius 1 is 1.50 bits per heavy atom. The van der Waals surface area contributed by atoms with Crippen LogP contribution in [-0.4, -0.2) is 29.1 Å². The van der Waals surface area contributed by atoms with Crippen molar-refractivity contribution in [3.05, 3.63) is 29.5 Å². The van der Waals surface area contributed by atoms with Crippen LogP contribution in [0.2, 0.25) is 0 Å². The molecule has 1 fully saturated rings. The Hall–Kier alpha value is -1.84. The highest BCUT2D eigenvalue weighted by atomic mass is 16.4. The second-order valence-electron chi connectivity index (χ2n) is 5.42. The monoisotopic (exact) mass is 274 g/mol. The van der Waals surface area contributed by atoms with Crippen molar-refractivity contribution in [2.24, 2.45) is 5.92 Å². The molecule has 108 valence electrons. The van der Waals surface area contributed by atoms with Gasteiger partial charge in [0.2, 0.25) is 0 Å². The number of piperidine rings is 1. The minimum Gasteiger partial charge on any atom is -0.478 e. The predicted octanol–water partition coefficient (Wildman–Crippen LogP) is 3.11. The molecule has 20 heavy (non-hydrogen) atoms. The van der Waals surface area contributed by atoms with Crippen molar-refractivity contribution in [3.8, 4) is 0 Å². The van der Waals surface area contributed by atoms with Crippen molar-refractivity contribution in [2.45, 2.75) is 33.1 Å². The molecule has 4 heteroatoms. The van der Waals surface area contributed by atoms with Crippen LogP contribution in [0.5, 0.6) is 0 Å². The van der Waals surface area contributed by atoms with Crippen LogP contribution in [0.15, 0.2) is 18.3 Å². The molecule has 0 amide bonds. The fraction of sp³-hybridized carbons (Fsp3) is 0.500. The van der Waals surface area contributed by atoms with Crippen LogP contribution in [0.4, 0.5) is 5.82 Å². The summed E-state index contributed by atoms with van der Waals surface area (Å²) >= 11 is 0. The molecule has 0 atom stereocenters. The summed E-state index contributed by atoms with van der Waals surface area (Å²) in [5.74, 6) is 0.949. The zero-order valence-electron chi connectivity index (χ0n) is 12.2. The van der Waals surface area contributed by atoms with Gasteiger partial charge in [0.25, 0.3) is 0 Å². The Morgan fingerprint density at radius 2 is 2.20 bits per heavy atom. The van der Waals surface area contributed by atoms with E-state index >= 15 is 0 Å². The molecule has 1 aromatic heterocycles. The number of pyridine rings is 1. The first-order chi connectivity index (χ1) is 9.60. The normalized spacial score (nSPS) is 16.8. The van der Waals surface area contributed by atoms with Crippen LogP contribution in [0.25, 0.3) is 6.08 Å². The fourth-order valence-electron chi connectivity index (χ4n) is 2.73. The van der Waals surface area contributed by atoms with Crippen LogP contribution in [0, 0.1) is 12.8 Å². The van der Waals surface area contributed by atoms with Crippen LogP contribution >= 0.6 is 0 Å². The number of hydrogen-bond donors (Lipinski definition) is 1. The lowest BCUT2D eigenvalue weighted by atomic mass is 9.94. The minimum absolute atomic E-state index is 0.831. The molecular formula is C16H22N2O2.